The molecular weight excluding hydrogens is 220 g/mol. The Morgan fingerprint density at radius 1 is 1.53 bits per heavy atom. The van der Waals surface area contributed by atoms with Crippen LogP contribution in [0.1, 0.15) is 35.8 Å². The van der Waals surface area contributed by atoms with E-state index >= 15 is 0 Å². The zero-order valence-electron chi connectivity index (χ0n) is 10.1. The molecule has 5 nitrogen and oxygen atoms in total. The first-order valence-corrected chi connectivity index (χ1v) is 5.67. The van der Waals surface area contributed by atoms with E-state index in [1.807, 2.05) is 6.92 Å². The molecule has 1 aromatic rings. The van der Waals surface area contributed by atoms with Crippen LogP contribution >= 0.6 is 0 Å². The fourth-order valence-electron chi connectivity index (χ4n) is 1.54. The van der Waals surface area contributed by atoms with Crippen molar-refractivity contribution in [2.75, 3.05) is 11.9 Å². The van der Waals surface area contributed by atoms with Gasteiger partial charge in [0.2, 0.25) is 0 Å². The average molecular weight is 238 g/mol. The highest BCUT2D eigenvalue weighted by Crippen LogP contribution is 2.10. The molecule has 3 N–H and O–H groups in total. The molecule has 0 radical (unpaired) electrons. The topological polar surface area (TPSA) is 82.5 Å². The molecule has 0 aliphatic heterocycles. The van der Waals surface area contributed by atoms with E-state index in [4.69, 9.17) is 5.11 Å². The Morgan fingerprint density at radius 2 is 2.24 bits per heavy atom. The number of pyridine rings is 1. The molecule has 0 saturated carbocycles. The minimum absolute atomic E-state index is 0.199. The van der Waals surface area contributed by atoms with E-state index in [-0.39, 0.29) is 5.56 Å². The molecule has 94 valence electrons. The van der Waals surface area contributed by atoms with Crippen LogP contribution in [0.2, 0.25) is 0 Å². The predicted molar refractivity (Wildman–Crippen MR) is 65.3 cm³/mol. The Hall–Kier alpha value is -1.62. The lowest BCUT2D eigenvalue weighted by Gasteiger charge is -2.12. The van der Waals surface area contributed by atoms with Gasteiger partial charge in [-0.3, -0.25) is 0 Å². The van der Waals surface area contributed by atoms with Crippen LogP contribution in [0.15, 0.2) is 12.1 Å². The number of carboxylic acid groups (broad SMARTS) is 1. The monoisotopic (exact) mass is 238 g/mol. The molecule has 0 aliphatic carbocycles. The Balaban J connectivity index is 2.68. The van der Waals surface area contributed by atoms with E-state index in [0.29, 0.717) is 24.5 Å². The molecule has 1 heterocycles. The maximum Gasteiger partial charge on any atom is 0.335 e. The number of nitrogens with zero attached hydrogens (tertiary/aromatic N) is 1. The molecular formula is C12H18N2O3. The summed E-state index contributed by atoms with van der Waals surface area (Å²) in [5, 5.41) is 21.4. The number of hydrogen-bond donors (Lipinski definition) is 3. The first-order chi connectivity index (χ1) is 8.02. The first-order valence-electron chi connectivity index (χ1n) is 5.67. The van der Waals surface area contributed by atoms with Crippen molar-refractivity contribution in [3.8, 4) is 0 Å². The predicted octanol–water partition coefficient (Wildman–Crippen LogP) is 1.66. The van der Waals surface area contributed by atoms with Gasteiger partial charge in [-0.15, -0.1) is 0 Å². The van der Waals surface area contributed by atoms with Gasteiger partial charge in [0.05, 0.1) is 11.7 Å². The van der Waals surface area contributed by atoms with Crippen LogP contribution in [-0.2, 0) is 0 Å². The average Bonchev–Trinajstić information content (AvgIpc) is 2.26. The highest BCUT2D eigenvalue weighted by molar-refractivity contribution is 5.88. The molecule has 1 aromatic heterocycles. The normalized spacial score (nSPS) is 12.2. The number of hydrogen-bond acceptors (Lipinski definition) is 4. The SMILES string of the molecule is CCCC(O)CNc1cc(C(=O)O)cc(C)n1. The molecule has 5 heteroatoms. The maximum absolute atomic E-state index is 10.8. The largest absolute Gasteiger partial charge is 0.478 e. The number of aryl methyl sites for hydroxylation is 1. The molecule has 1 atom stereocenters. The van der Waals surface area contributed by atoms with Crippen LogP contribution < -0.4 is 5.32 Å². The van der Waals surface area contributed by atoms with E-state index in [0.717, 1.165) is 6.42 Å². The molecule has 0 fully saturated rings. The number of rotatable bonds is 6. The number of nitrogens with one attached hydrogen (secondary N) is 1. The van der Waals surface area contributed by atoms with Gasteiger partial charge in [0.1, 0.15) is 5.82 Å². The third-order valence-electron chi connectivity index (χ3n) is 2.34. The summed E-state index contributed by atoms with van der Waals surface area (Å²) in [4.78, 5) is 15.0. The highest BCUT2D eigenvalue weighted by Gasteiger charge is 2.08. The zero-order chi connectivity index (χ0) is 12.8. The van der Waals surface area contributed by atoms with E-state index in [9.17, 15) is 9.90 Å². The van der Waals surface area contributed by atoms with Crippen LogP contribution in [-0.4, -0.2) is 33.8 Å². The van der Waals surface area contributed by atoms with Crippen molar-refractivity contribution in [1.29, 1.82) is 0 Å². The van der Waals surface area contributed by atoms with Gasteiger partial charge < -0.3 is 15.5 Å². The standard InChI is InChI=1S/C12H18N2O3/c1-3-4-10(15)7-13-11-6-9(12(16)17)5-8(2)14-11/h5-6,10,15H,3-4,7H2,1-2H3,(H,13,14)(H,16,17). The third-order valence-corrected chi connectivity index (χ3v) is 2.34. The van der Waals surface area contributed by atoms with Crippen LogP contribution in [0.25, 0.3) is 0 Å². The molecule has 0 amide bonds. The van der Waals surface area contributed by atoms with Crippen molar-refractivity contribution in [3.63, 3.8) is 0 Å². The highest BCUT2D eigenvalue weighted by atomic mass is 16.4. The Kier molecular flexibility index (Phi) is 4.90. The summed E-state index contributed by atoms with van der Waals surface area (Å²) in [6.45, 7) is 4.11. The minimum atomic E-state index is -0.979. The number of aromatic nitrogens is 1. The number of aliphatic hydroxyl groups excluding tert-OH is 1. The Labute approximate surface area is 101 Å². The second-order valence-electron chi connectivity index (χ2n) is 4.01. The van der Waals surface area contributed by atoms with Gasteiger partial charge in [0.15, 0.2) is 0 Å². The molecule has 1 rings (SSSR count). The number of carbonyl (C=O) groups is 1. The summed E-state index contributed by atoms with van der Waals surface area (Å²) >= 11 is 0. The summed E-state index contributed by atoms with van der Waals surface area (Å²) in [5.41, 5.74) is 0.836. The molecule has 17 heavy (non-hydrogen) atoms. The van der Waals surface area contributed by atoms with Crippen molar-refractivity contribution in [2.45, 2.75) is 32.8 Å². The van der Waals surface area contributed by atoms with Gasteiger partial charge in [-0.25, -0.2) is 9.78 Å². The lowest BCUT2D eigenvalue weighted by molar-refractivity contribution is 0.0696. The molecule has 0 aromatic carbocycles. The van der Waals surface area contributed by atoms with Crippen LogP contribution in [0.5, 0.6) is 0 Å². The third kappa shape index (κ3) is 4.40. The lowest BCUT2D eigenvalue weighted by Crippen LogP contribution is -2.19. The second-order valence-corrected chi connectivity index (χ2v) is 4.01. The summed E-state index contributed by atoms with van der Waals surface area (Å²) in [5.74, 6) is -0.495. The fraction of sp³-hybridized carbons (Fsp3) is 0.500. The Bertz CT molecular complexity index is 393. The van der Waals surface area contributed by atoms with E-state index < -0.39 is 12.1 Å². The maximum atomic E-state index is 10.8. The van der Waals surface area contributed by atoms with Crippen LogP contribution in [0.4, 0.5) is 5.82 Å². The van der Waals surface area contributed by atoms with Crippen molar-refractivity contribution >= 4 is 11.8 Å². The summed E-state index contributed by atoms with van der Waals surface area (Å²) in [7, 11) is 0. The molecule has 1 unspecified atom stereocenters. The molecule has 0 aliphatic rings. The number of anilines is 1. The van der Waals surface area contributed by atoms with Gasteiger partial charge in [-0.1, -0.05) is 13.3 Å². The van der Waals surface area contributed by atoms with Crippen molar-refractivity contribution in [3.05, 3.63) is 23.4 Å². The van der Waals surface area contributed by atoms with Crippen molar-refractivity contribution in [1.82, 2.24) is 4.98 Å². The zero-order valence-corrected chi connectivity index (χ0v) is 10.1. The van der Waals surface area contributed by atoms with Gasteiger partial charge in [-0.2, -0.15) is 0 Å². The second kappa shape index (κ2) is 6.20. The van der Waals surface area contributed by atoms with Gasteiger partial charge in [0, 0.05) is 12.2 Å². The van der Waals surface area contributed by atoms with Gasteiger partial charge in [0.25, 0.3) is 0 Å². The summed E-state index contributed by atoms with van der Waals surface area (Å²) in [6, 6.07) is 2.98. The van der Waals surface area contributed by atoms with Gasteiger partial charge >= 0.3 is 5.97 Å². The summed E-state index contributed by atoms with van der Waals surface area (Å²) < 4.78 is 0. The number of carboxylic acids is 1. The van der Waals surface area contributed by atoms with Crippen molar-refractivity contribution < 1.29 is 15.0 Å². The lowest BCUT2D eigenvalue weighted by atomic mass is 10.2. The van der Waals surface area contributed by atoms with Crippen LogP contribution in [0.3, 0.4) is 0 Å². The van der Waals surface area contributed by atoms with E-state index in [1.165, 1.54) is 12.1 Å². The first kappa shape index (κ1) is 13.4. The molecule has 0 bridgehead atoms. The molecule has 0 saturated heterocycles. The van der Waals surface area contributed by atoms with Crippen LogP contribution in [0, 0.1) is 6.92 Å². The fourth-order valence-corrected chi connectivity index (χ4v) is 1.54. The van der Waals surface area contributed by atoms with Crippen molar-refractivity contribution in [2.24, 2.45) is 0 Å². The van der Waals surface area contributed by atoms with E-state index in [1.54, 1.807) is 6.92 Å². The minimum Gasteiger partial charge on any atom is -0.478 e. The van der Waals surface area contributed by atoms with Gasteiger partial charge in [-0.05, 0) is 25.5 Å². The summed E-state index contributed by atoms with van der Waals surface area (Å²) in [6.07, 6.45) is 1.19. The Morgan fingerprint density at radius 3 is 2.82 bits per heavy atom. The molecule has 0 spiro atoms. The smallest absolute Gasteiger partial charge is 0.335 e. The number of aliphatic hydroxyl groups is 1. The quantitative estimate of drug-likeness (QED) is 0.702. The number of aromatic carboxylic acids is 1. The van der Waals surface area contributed by atoms with E-state index in [2.05, 4.69) is 10.3 Å².